The highest BCUT2D eigenvalue weighted by atomic mass is 16.6. The van der Waals surface area contributed by atoms with Crippen molar-refractivity contribution in [1.29, 1.82) is 0 Å². The summed E-state index contributed by atoms with van der Waals surface area (Å²) in [6, 6.07) is 15.3. The molecule has 0 heterocycles. The molecule has 0 saturated carbocycles. The zero-order chi connectivity index (χ0) is 26.1. The minimum Gasteiger partial charge on any atom is -0.493 e. The van der Waals surface area contributed by atoms with Crippen LogP contribution in [0.15, 0.2) is 66.9 Å². The Labute approximate surface area is 208 Å². The van der Waals surface area contributed by atoms with E-state index in [1.807, 2.05) is 48.6 Å². The lowest BCUT2D eigenvalue weighted by atomic mass is 10.1. The maximum Gasteiger partial charge on any atom is 0.311 e. The van der Waals surface area contributed by atoms with Crippen molar-refractivity contribution in [2.45, 2.75) is 0 Å². The third-order valence-corrected chi connectivity index (χ3v) is 5.21. The van der Waals surface area contributed by atoms with Crippen molar-refractivity contribution >= 4 is 29.3 Å². The van der Waals surface area contributed by atoms with E-state index in [0.29, 0.717) is 17.2 Å². The van der Waals surface area contributed by atoms with Crippen LogP contribution in [-0.2, 0) is 0 Å². The van der Waals surface area contributed by atoms with E-state index < -0.39 is 4.92 Å². The number of ketones is 1. The monoisotopic (exact) mass is 490 g/mol. The SMILES string of the molecule is COc1ccc(C(=O)/C=C\Nc2ccc(/C=C\c3cc(OC)c(OC)c(OC)c3)cc2)cc1[N+](=O)[O-]. The molecule has 0 fully saturated rings. The van der Waals surface area contributed by atoms with Crippen LogP contribution in [0.1, 0.15) is 21.5 Å². The van der Waals surface area contributed by atoms with Gasteiger partial charge in [0.2, 0.25) is 5.75 Å². The topological polar surface area (TPSA) is 109 Å². The van der Waals surface area contributed by atoms with Crippen molar-refractivity contribution in [3.8, 4) is 23.0 Å². The molecule has 3 aromatic carbocycles. The molecule has 0 atom stereocenters. The van der Waals surface area contributed by atoms with E-state index in [1.165, 1.54) is 37.6 Å². The van der Waals surface area contributed by atoms with E-state index in [4.69, 9.17) is 18.9 Å². The fraction of sp³-hybridized carbons (Fsp3) is 0.148. The highest BCUT2D eigenvalue weighted by Gasteiger charge is 2.17. The lowest BCUT2D eigenvalue weighted by Gasteiger charge is -2.12. The third kappa shape index (κ3) is 6.20. The summed E-state index contributed by atoms with van der Waals surface area (Å²) >= 11 is 0. The smallest absolute Gasteiger partial charge is 0.311 e. The van der Waals surface area contributed by atoms with Crippen LogP contribution < -0.4 is 24.3 Å². The van der Waals surface area contributed by atoms with Gasteiger partial charge in [0.15, 0.2) is 23.0 Å². The van der Waals surface area contributed by atoms with Crippen molar-refractivity contribution in [1.82, 2.24) is 0 Å². The molecular weight excluding hydrogens is 464 g/mol. The summed E-state index contributed by atoms with van der Waals surface area (Å²) in [6.45, 7) is 0. The molecule has 36 heavy (non-hydrogen) atoms. The number of anilines is 1. The Hall–Kier alpha value is -4.79. The summed E-state index contributed by atoms with van der Waals surface area (Å²) in [5.41, 5.74) is 2.53. The van der Waals surface area contributed by atoms with Crippen LogP contribution in [0.5, 0.6) is 23.0 Å². The van der Waals surface area contributed by atoms with Crippen LogP contribution >= 0.6 is 0 Å². The molecule has 3 aromatic rings. The molecule has 0 spiro atoms. The Balaban J connectivity index is 1.65. The highest BCUT2D eigenvalue weighted by molar-refractivity contribution is 6.05. The molecule has 0 radical (unpaired) electrons. The number of nitrogens with one attached hydrogen (secondary N) is 1. The van der Waals surface area contributed by atoms with E-state index in [2.05, 4.69) is 5.32 Å². The maximum atomic E-state index is 12.4. The summed E-state index contributed by atoms with van der Waals surface area (Å²) in [7, 11) is 6.03. The van der Waals surface area contributed by atoms with Gasteiger partial charge in [-0.2, -0.15) is 0 Å². The van der Waals surface area contributed by atoms with Crippen molar-refractivity contribution in [3.05, 3.63) is 93.7 Å². The standard InChI is InChI=1S/C27H26N2O7/c1-33-24-12-9-20(17-22(24)29(31)32)23(30)13-14-28-21-10-7-18(8-11-21)5-6-19-15-25(34-2)27(36-4)26(16-19)35-3/h5-17,28H,1-4H3/b6-5-,14-13-. The average Bonchev–Trinajstić information content (AvgIpc) is 2.91. The zero-order valence-corrected chi connectivity index (χ0v) is 20.3. The summed E-state index contributed by atoms with van der Waals surface area (Å²) < 4.78 is 21.1. The Morgan fingerprint density at radius 2 is 1.42 bits per heavy atom. The molecule has 3 rings (SSSR count). The molecule has 186 valence electrons. The number of methoxy groups -OCH3 is 4. The fourth-order valence-corrected chi connectivity index (χ4v) is 3.38. The lowest BCUT2D eigenvalue weighted by molar-refractivity contribution is -0.385. The van der Waals surface area contributed by atoms with Gasteiger partial charge in [-0.3, -0.25) is 14.9 Å². The van der Waals surface area contributed by atoms with Crippen molar-refractivity contribution in [2.24, 2.45) is 0 Å². The van der Waals surface area contributed by atoms with Crippen LogP contribution in [0.25, 0.3) is 12.2 Å². The predicted molar refractivity (Wildman–Crippen MR) is 138 cm³/mol. The van der Waals surface area contributed by atoms with Gasteiger partial charge in [-0.25, -0.2) is 0 Å². The van der Waals surface area contributed by atoms with E-state index in [1.54, 1.807) is 21.3 Å². The summed E-state index contributed by atoms with van der Waals surface area (Å²) in [5, 5.41) is 14.2. The molecule has 1 N–H and O–H groups in total. The lowest BCUT2D eigenvalue weighted by Crippen LogP contribution is -2.00. The third-order valence-electron chi connectivity index (χ3n) is 5.21. The number of benzene rings is 3. The van der Waals surface area contributed by atoms with Gasteiger partial charge in [0.25, 0.3) is 0 Å². The molecule has 0 aliphatic carbocycles. The summed E-state index contributed by atoms with van der Waals surface area (Å²) in [5.74, 6) is 1.39. The molecule has 0 unspecified atom stereocenters. The second-order valence-corrected chi connectivity index (χ2v) is 7.40. The number of carbonyl (C=O) groups excluding carboxylic acids is 1. The largest absolute Gasteiger partial charge is 0.493 e. The normalized spacial score (nSPS) is 10.9. The quantitative estimate of drug-likeness (QED) is 0.121. The van der Waals surface area contributed by atoms with Gasteiger partial charge >= 0.3 is 5.69 Å². The minimum absolute atomic E-state index is 0.0954. The van der Waals surface area contributed by atoms with Crippen LogP contribution in [-0.4, -0.2) is 39.1 Å². The number of allylic oxidation sites excluding steroid dienone is 1. The van der Waals surface area contributed by atoms with Gasteiger partial charge in [-0.15, -0.1) is 0 Å². The Kier molecular flexibility index (Phi) is 8.66. The molecule has 0 aliphatic heterocycles. The van der Waals surface area contributed by atoms with Crippen molar-refractivity contribution in [3.63, 3.8) is 0 Å². The Morgan fingerprint density at radius 3 is 1.97 bits per heavy atom. The summed E-state index contributed by atoms with van der Waals surface area (Å²) in [6.07, 6.45) is 6.67. The van der Waals surface area contributed by atoms with Gasteiger partial charge in [-0.05, 0) is 47.5 Å². The zero-order valence-electron chi connectivity index (χ0n) is 20.3. The Morgan fingerprint density at radius 1 is 0.806 bits per heavy atom. The molecule has 0 amide bonds. The number of ether oxygens (including phenoxy) is 4. The highest BCUT2D eigenvalue weighted by Crippen LogP contribution is 2.38. The van der Waals surface area contributed by atoms with Gasteiger partial charge < -0.3 is 24.3 Å². The number of hydrogen-bond acceptors (Lipinski definition) is 8. The molecule has 9 heteroatoms. The number of nitrogens with zero attached hydrogens (tertiary/aromatic N) is 1. The fourth-order valence-electron chi connectivity index (χ4n) is 3.38. The molecule has 0 aromatic heterocycles. The number of hydrogen-bond donors (Lipinski definition) is 1. The molecule has 0 aliphatic rings. The molecular formula is C27H26N2O7. The van der Waals surface area contributed by atoms with E-state index in [-0.39, 0.29) is 22.8 Å². The first kappa shape index (κ1) is 25.8. The molecule has 9 nitrogen and oxygen atoms in total. The molecule has 0 saturated heterocycles. The summed E-state index contributed by atoms with van der Waals surface area (Å²) in [4.78, 5) is 23.0. The van der Waals surface area contributed by atoms with Crippen LogP contribution in [0.3, 0.4) is 0 Å². The van der Waals surface area contributed by atoms with E-state index >= 15 is 0 Å². The van der Waals surface area contributed by atoms with Crippen LogP contribution in [0.4, 0.5) is 11.4 Å². The van der Waals surface area contributed by atoms with Gasteiger partial charge in [0.05, 0.1) is 33.4 Å². The van der Waals surface area contributed by atoms with Crippen LogP contribution in [0, 0.1) is 10.1 Å². The number of rotatable bonds is 11. The number of nitro benzene ring substituents is 1. The van der Waals surface area contributed by atoms with Crippen LogP contribution in [0.2, 0.25) is 0 Å². The Bertz CT molecular complexity index is 1270. The second kappa shape index (κ2) is 12.1. The van der Waals surface area contributed by atoms with E-state index in [9.17, 15) is 14.9 Å². The maximum absolute atomic E-state index is 12.4. The first-order chi connectivity index (χ1) is 17.4. The van der Waals surface area contributed by atoms with Gasteiger partial charge in [0.1, 0.15) is 0 Å². The minimum atomic E-state index is -0.588. The molecule has 0 bridgehead atoms. The van der Waals surface area contributed by atoms with Gasteiger partial charge in [0, 0.05) is 29.6 Å². The first-order valence-electron chi connectivity index (χ1n) is 10.8. The number of nitro groups is 1. The van der Waals surface area contributed by atoms with Gasteiger partial charge in [-0.1, -0.05) is 24.3 Å². The predicted octanol–water partition coefficient (Wildman–Crippen LogP) is 5.61. The van der Waals surface area contributed by atoms with E-state index in [0.717, 1.165) is 16.8 Å². The van der Waals surface area contributed by atoms with Crippen molar-refractivity contribution < 1.29 is 28.7 Å². The number of carbonyl (C=O) groups is 1. The average molecular weight is 491 g/mol. The van der Waals surface area contributed by atoms with Crippen molar-refractivity contribution in [2.75, 3.05) is 33.8 Å². The second-order valence-electron chi connectivity index (χ2n) is 7.40. The first-order valence-corrected chi connectivity index (χ1v) is 10.8.